The molecule has 1 heterocycles. The molecule has 0 radical (unpaired) electrons. The monoisotopic (exact) mass is 379 g/mol. The maximum Gasteiger partial charge on any atom is 0.251 e. The zero-order valence-electron chi connectivity index (χ0n) is 15.9. The van der Waals surface area contributed by atoms with Crippen LogP contribution in [0.2, 0.25) is 0 Å². The number of aryl methyl sites for hydroxylation is 1. The first-order valence-corrected chi connectivity index (χ1v) is 9.36. The van der Waals surface area contributed by atoms with Crippen LogP contribution >= 0.6 is 12.4 Å². The van der Waals surface area contributed by atoms with E-state index in [0.29, 0.717) is 17.2 Å². The van der Waals surface area contributed by atoms with Crippen LogP contribution in [0.4, 0.5) is 5.69 Å². The second-order valence-corrected chi connectivity index (χ2v) is 7.84. The predicted molar refractivity (Wildman–Crippen MR) is 107 cm³/mol. The van der Waals surface area contributed by atoms with Crippen LogP contribution in [0, 0.1) is 18.3 Å². The number of carbonyl (C=O) groups is 2. The van der Waals surface area contributed by atoms with E-state index in [2.05, 4.69) is 16.0 Å². The van der Waals surface area contributed by atoms with Gasteiger partial charge in [0.2, 0.25) is 5.91 Å². The molecule has 1 aliphatic heterocycles. The van der Waals surface area contributed by atoms with Gasteiger partial charge in [-0.15, -0.1) is 12.4 Å². The van der Waals surface area contributed by atoms with E-state index in [0.717, 1.165) is 37.9 Å². The van der Waals surface area contributed by atoms with E-state index in [4.69, 9.17) is 0 Å². The fourth-order valence-electron chi connectivity index (χ4n) is 4.23. The molecule has 0 spiro atoms. The van der Waals surface area contributed by atoms with Crippen LogP contribution < -0.4 is 16.0 Å². The Labute approximate surface area is 162 Å². The Bertz CT molecular complexity index is 677. The van der Waals surface area contributed by atoms with Crippen LogP contribution in [0.15, 0.2) is 18.2 Å². The molecule has 2 fully saturated rings. The fraction of sp³-hybridized carbons (Fsp3) is 0.600. The standard InChI is InChI=1S/C20H29N3O2.ClH/c1-13(2)22-18(24)17-10-16(8-7-14(17)3)23-19(25)20-9-5-4-6-15(20)11-21-12-20;/h7-8,10,13,15,21H,4-6,9,11-12H2,1-3H3,(H,22,24)(H,23,25);1H/t15-,20+;/m0./s1. The highest BCUT2D eigenvalue weighted by Crippen LogP contribution is 2.44. The molecule has 0 bridgehead atoms. The van der Waals surface area contributed by atoms with E-state index in [-0.39, 0.29) is 35.7 Å². The first-order valence-electron chi connectivity index (χ1n) is 9.36. The molecule has 2 aliphatic rings. The Morgan fingerprint density at radius 2 is 2.04 bits per heavy atom. The number of amides is 2. The summed E-state index contributed by atoms with van der Waals surface area (Å²) in [5.74, 6) is 0.427. The predicted octanol–water partition coefficient (Wildman–Crippen LogP) is 3.27. The van der Waals surface area contributed by atoms with Crippen molar-refractivity contribution in [2.24, 2.45) is 11.3 Å². The van der Waals surface area contributed by atoms with E-state index in [1.54, 1.807) is 6.07 Å². The van der Waals surface area contributed by atoms with Crippen molar-refractivity contribution in [3.63, 3.8) is 0 Å². The van der Waals surface area contributed by atoms with Crippen molar-refractivity contribution in [3.8, 4) is 0 Å². The molecular formula is C20H30ClN3O2. The van der Waals surface area contributed by atoms with Crippen molar-refractivity contribution >= 4 is 29.9 Å². The zero-order chi connectivity index (χ0) is 18.0. The van der Waals surface area contributed by atoms with Gasteiger partial charge in [0, 0.05) is 23.8 Å². The second-order valence-electron chi connectivity index (χ2n) is 7.84. The summed E-state index contributed by atoms with van der Waals surface area (Å²) in [7, 11) is 0. The molecule has 26 heavy (non-hydrogen) atoms. The highest BCUT2D eigenvalue weighted by atomic mass is 35.5. The van der Waals surface area contributed by atoms with Gasteiger partial charge >= 0.3 is 0 Å². The second kappa shape index (κ2) is 8.40. The number of hydrogen-bond donors (Lipinski definition) is 3. The van der Waals surface area contributed by atoms with Crippen LogP contribution in [0.5, 0.6) is 0 Å². The Kier molecular flexibility index (Phi) is 6.69. The van der Waals surface area contributed by atoms with Crippen LogP contribution in [-0.2, 0) is 4.79 Å². The van der Waals surface area contributed by atoms with Gasteiger partial charge in [0.15, 0.2) is 0 Å². The van der Waals surface area contributed by atoms with E-state index < -0.39 is 0 Å². The third-order valence-electron chi connectivity index (χ3n) is 5.65. The Morgan fingerprint density at radius 1 is 1.27 bits per heavy atom. The molecule has 3 rings (SSSR count). The third-order valence-corrected chi connectivity index (χ3v) is 5.65. The summed E-state index contributed by atoms with van der Waals surface area (Å²) in [5.41, 5.74) is 1.94. The lowest BCUT2D eigenvalue weighted by atomic mass is 9.67. The quantitative estimate of drug-likeness (QED) is 0.751. The molecule has 2 atom stereocenters. The molecule has 0 aromatic heterocycles. The van der Waals surface area contributed by atoms with Gasteiger partial charge in [-0.2, -0.15) is 0 Å². The number of nitrogens with one attached hydrogen (secondary N) is 3. The SMILES string of the molecule is Cc1ccc(NC(=O)[C@@]23CCCC[C@H]2CNC3)cc1C(=O)NC(C)C.Cl. The Hall–Kier alpha value is -1.59. The van der Waals surface area contributed by atoms with E-state index in [1.807, 2.05) is 32.9 Å². The molecule has 3 N–H and O–H groups in total. The van der Waals surface area contributed by atoms with Crippen molar-refractivity contribution in [2.75, 3.05) is 18.4 Å². The number of halogens is 1. The largest absolute Gasteiger partial charge is 0.350 e. The number of anilines is 1. The van der Waals surface area contributed by atoms with Gasteiger partial charge in [-0.25, -0.2) is 0 Å². The van der Waals surface area contributed by atoms with Gasteiger partial charge in [-0.05, 0) is 63.8 Å². The van der Waals surface area contributed by atoms with Gasteiger partial charge in [0.05, 0.1) is 5.41 Å². The topological polar surface area (TPSA) is 70.2 Å². The van der Waals surface area contributed by atoms with Crippen molar-refractivity contribution in [1.29, 1.82) is 0 Å². The zero-order valence-corrected chi connectivity index (χ0v) is 16.7. The fourth-order valence-corrected chi connectivity index (χ4v) is 4.23. The van der Waals surface area contributed by atoms with Gasteiger partial charge in [-0.1, -0.05) is 18.9 Å². The summed E-state index contributed by atoms with van der Waals surface area (Å²) in [6, 6.07) is 5.66. The molecule has 5 nitrogen and oxygen atoms in total. The molecule has 144 valence electrons. The molecule has 1 aliphatic carbocycles. The molecule has 0 unspecified atom stereocenters. The van der Waals surface area contributed by atoms with Crippen LogP contribution in [0.1, 0.15) is 55.5 Å². The summed E-state index contributed by atoms with van der Waals surface area (Å²) >= 11 is 0. The molecule has 1 saturated carbocycles. The van der Waals surface area contributed by atoms with E-state index in [1.165, 1.54) is 6.42 Å². The highest BCUT2D eigenvalue weighted by Gasteiger charge is 2.49. The Morgan fingerprint density at radius 3 is 2.77 bits per heavy atom. The molecular weight excluding hydrogens is 350 g/mol. The molecule has 2 amide bonds. The third kappa shape index (κ3) is 4.04. The molecule has 6 heteroatoms. The molecule has 1 aromatic rings. The normalized spacial score (nSPS) is 24.5. The number of hydrogen-bond acceptors (Lipinski definition) is 3. The van der Waals surface area contributed by atoms with Crippen LogP contribution in [0.3, 0.4) is 0 Å². The van der Waals surface area contributed by atoms with Crippen molar-refractivity contribution in [2.45, 2.75) is 52.5 Å². The average molecular weight is 380 g/mol. The van der Waals surface area contributed by atoms with Gasteiger partial charge in [0.25, 0.3) is 5.91 Å². The maximum atomic E-state index is 13.1. The smallest absolute Gasteiger partial charge is 0.251 e. The number of fused-ring (bicyclic) bond motifs is 1. The van der Waals surface area contributed by atoms with Crippen molar-refractivity contribution < 1.29 is 9.59 Å². The lowest BCUT2D eigenvalue weighted by Gasteiger charge is -2.37. The molecule has 1 aromatic carbocycles. The van der Waals surface area contributed by atoms with Gasteiger partial charge in [0.1, 0.15) is 0 Å². The maximum absolute atomic E-state index is 13.1. The highest BCUT2D eigenvalue weighted by molar-refractivity contribution is 6.00. The first-order chi connectivity index (χ1) is 11.9. The number of rotatable bonds is 4. The minimum Gasteiger partial charge on any atom is -0.350 e. The van der Waals surface area contributed by atoms with Crippen molar-refractivity contribution in [3.05, 3.63) is 29.3 Å². The van der Waals surface area contributed by atoms with Crippen molar-refractivity contribution in [1.82, 2.24) is 10.6 Å². The minimum atomic E-state index is -0.288. The average Bonchev–Trinajstić information content (AvgIpc) is 3.01. The minimum absolute atomic E-state index is 0. The summed E-state index contributed by atoms with van der Waals surface area (Å²) in [4.78, 5) is 25.4. The molecule has 1 saturated heterocycles. The van der Waals surface area contributed by atoms with E-state index in [9.17, 15) is 9.59 Å². The number of benzene rings is 1. The summed E-state index contributed by atoms with van der Waals surface area (Å²) < 4.78 is 0. The van der Waals surface area contributed by atoms with E-state index >= 15 is 0 Å². The summed E-state index contributed by atoms with van der Waals surface area (Å²) in [6.07, 6.45) is 4.40. The number of carbonyl (C=O) groups excluding carboxylic acids is 2. The van der Waals surface area contributed by atoms with Gasteiger partial charge < -0.3 is 16.0 Å². The van der Waals surface area contributed by atoms with Gasteiger partial charge in [-0.3, -0.25) is 9.59 Å². The lowest BCUT2D eigenvalue weighted by Crippen LogP contribution is -2.44. The van der Waals surface area contributed by atoms with Crippen LogP contribution in [-0.4, -0.2) is 30.9 Å². The lowest BCUT2D eigenvalue weighted by molar-refractivity contribution is -0.128. The Balaban J connectivity index is 0.00000243. The summed E-state index contributed by atoms with van der Waals surface area (Å²) in [5, 5.41) is 9.42. The first kappa shape index (κ1) is 20.7. The summed E-state index contributed by atoms with van der Waals surface area (Å²) in [6.45, 7) is 7.49. The van der Waals surface area contributed by atoms with Crippen LogP contribution in [0.25, 0.3) is 0 Å².